The first-order valence-corrected chi connectivity index (χ1v) is 3.27. The van der Waals surface area contributed by atoms with Crippen LogP contribution in [0, 0.1) is 16.7 Å². The van der Waals surface area contributed by atoms with Crippen LogP contribution >= 0.6 is 0 Å². The Morgan fingerprint density at radius 2 is 1.90 bits per heavy atom. The number of hydrogen-bond acceptors (Lipinski definition) is 3. The van der Waals surface area contributed by atoms with Gasteiger partial charge in [0.25, 0.3) is 0 Å². The van der Waals surface area contributed by atoms with Gasteiger partial charge in [0.1, 0.15) is 0 Å². The molecule has 3 heteroatoms. The SMILES string of the molecule is CC(CO)(CO)CCC#N. The zero-order valence-corrected chi connectivity index (χ0v) is 6.17. The molecule has 0 amide bonds. The van der Waals surface area contributed by atoms with Crippen molar-refractivity contribution in [2.45, 2.75) is 19.8 Å². The molecule has 0 aliphatic carbocycles. The minimum Gasteiger partial charge on any atom is -0.396 e. The predicted molar refractivity (Wildman–Crippen MR) is 37.1 cm³/mol. The predicted octanol–water partition coefficient (Wildman–Crippen LogP) is 0.281. The van der Waals surface area contributed by atoms with Crippen LogP contribution in [0.3, 0.4) is 0 Å². The molecule has 0 aromatic carbocycles. The minimum absolute atomic E-state index is 0.0643. The number of nitrogens with zero attached hydrogens (tertiary/aromatic N) is 1. The van der Waals surface area contributed by atoms with Gasteiger partial charge in [0.05, 0.1) is 19.3 Å². The average molecular weight is 143 g/mol. The molecule has 0 saturated carbocycles. The van der Waals surface area contributed by atoms with Crippen molar-refractivity contribution in [2.75, 3.05) is 13.2 Å². The second kappa shape index (κ2) is 4.26. The van der Waals surface area contributed by atoms with Gasteiger partial charge >= 0.3 is 0 Å². The number of hydrogen-bond donors (Lipinski definition) is 2. The number of aliphatic hydroxyl groups excluding tert-OH is 2. The van der Waals surface area contributed by atoms with Crippen LogP contribution < -0.4 is 0 Å². The fourth-order valence-corrected chi connectivity index (χ4v) is 0.566. The molecule has 58 valence electrons. The summed E-state index contributed by atoms with van der Waals surface area (Å²) in [6, 6.07) is 1.97. The number of rotatable bonds is 4. The Bertz CT molecular complexity index is 124. The molecule has 10 heavy (non-hydrogen) atoms. The van der Waals surface area contributed by atoms with E-state index < -0.39 is 5.41 Å². The van der Waals surface area contributed by atoms with E-state index in [9.17, 15) is 0 Å². The van der Waals surface area contributed by atoms with Crippen molar-refractivity contribution >= 4 is 0 Å². The molecule has 0 rings (SSSR count). The first-order chi connectivity index (χ1) is 4.68. The van der Waals surface area contributed by atoms with Gasteiger partial charge in [-0.25, -0.2) is 0 Å². The van der Waals surface area contributed by atoms with Crippen LogP contribution in [0.1, 0.15) is 19.8 Å². The second-order valence-corrected chi connectivity index (χ2v) is 2.79. The van der Waals surface area contributed by atoms with Crippen LogP contribution in [0.15, 0.2) is 0 Å². The average Bonchev–Trinajstić information content (AvgIpc) is 2.00. The topological polar surface area (TPSA) is 64.2 Å². The highest BCUT2D eigenvalue weighted by Gasteiger charge is 2.21. The van der Waals surface area contributed by atoms with Gasteiger partial charge in [-0.1, -0.05) is 6.92 Å². The zero-order chi connectivity index (χ0) is 8.04. The first kappa shape index (κ1) is 9.41. The van der Waals surface area contributed by atoms with Gasteiger partial charge in [-0.05, 0) is 6.42 Å². The molecule has 0 aromatic rings. The van der Waals surface area contributed by atoms with E-state index in [1.54, 1.807) is 6.92 Å². The quantitative estimate of drug-likeness (QED) is 0.594. The molecule has 0 heterocycles. The Balaban J connectivity index is 3.71. The van der Waals surface area contributed by atoms with Gasteiger partial charge in [0.2, 0.25) is 0 Å². The normalized spacial score (nSPS) is 11.0. The second-order valence-electron chi connectivity index (χ2n) is 2.79. The first-order valence-electron chi connectivity index (χ1n) is 3.27. The molecule has 0 saturated heterocycles. The number of aliphatic hydroxyl groups is 2. The largest absolute Gasteiger partial charge is 0.396 e. The van der Waals surface area contributed by atoms with Gasteiger partial charge in [0.15, 0.2) is 0 Å². The highest BCUT2D eigenvalue weighted by Crippen LogP contribution is 2.20. The van der Waals surface area contributed by atoms with E-state index in [0.29, 0.717) is 12.8 Å². The molecular formula is C7H13NO2. The molecule has 0 aliphatic heterocycles. The summed E-state index contributed by atoms with van der Waals surface area (Å²) in [5.74, 6) is 0. The standard InChI is InChI=1S/C7H13NO2/c1-7(5-9,6-10)3-2-4-8/h9-10H,2-3,5-6H2,1H3. The van der Waals surface area contributed by atoms with Crippen LogP contribution in [0.25, 0.3) is 0 Å². The monoisotopic (exact) mass is 143 g/mol. The lowest BCUT2D eigenvalue weighted by molar-refractivity contribution is 0.0641. The lowest BCUT2D eigenvalue weighted by Gasteiger charge is -2.22. The lowest BCUT2D eigenvalue weighted by atomic mass is 9.88. The van der Waals surface area contributed by atoms with Gasteiger partial charge in [0, 0.05) is 11.8 Å². The molecule has 0 radical (unpaired) electrons. The molecule has 0 atom stereocenters. The van der Waals surface area contributed by atoms with Crippen molar-refractivity contribution in [2.24, 2.45) is 5.41 Å². The lowest BCUT2D eigenvalue weighted by Crippen LogP contribution is -2.25. The summed E-state index contributed by atoms with van der Waals surface area (Å²) in [7, 11) is 0. The van der Waals surface area contributed by atoms with Crippen LogP contribution in [0.2, 0.25) is 0 Å². The summed E-state index contributed by atoms with van der Waals surface area (Å²) >= 11 is 0. The van der Waals surface area contributed by atoms with Gasteiger partial charge in [-0.2, -0.15) is 5.26 Å². The van der Waals surface area contributed by atoms with Crippen LogP contribution in [0.5, 0.6) is 0 Å². The third-order valence-electron chi connectivity index (χ3n) is 1.60. The van der Waals surface area contributed by atoms with E-state index in [1.165, 1.54) is 0 Å². The summed E-state index contributed by atoms with van der Waals surface area (Å²) in [6.45, 7) is 1.63. The molecule has 3 nitrogen and oxygen atoms in total. The third-order valence-corrected chi connectivity index (χ3v) is 1.60. The summed E-state index contributed by atoms with van der Waals surface area (Å²) in [5.41, 5.74) is -0.476. The summed E-state index contributed by atoms with van der Waals surface area (Å²) in [5, 5.41) is 25.7. The van der Waals surface area contributed by atoms with Gasteiger partial charge in [-0.15, -0.1) is 0 Å². The van der Waals surface area contributed by atoms with Crippen LogP contribution in [-0.2, 0) is 0 Å². The molecule has 0 aromatic heterocycles. The Labute approximate surface area is 60.9 Å². The minimum atomic E-state index is -0.476. The molecule has 0 bridgehead atoms. The summed E-state index contributed by atoms with van der Waals surface area (Å²) < 4.78 is 0. The Hall–Kier alpha value is -0.590. The number of nitriles is 1. The fourth-order valence-electron chi connectivity index (χ4n) is 0.566. The Kier molecular flexibility index (Phi) is 4.01. The van der Waals surface area contributed by atoms with Gasteiger partial charge in [-0.3, -0.25) is 0 Å². The maximum absolute atomic E-state index is 8.74. The van der Waals surface area contributed by atoms with Crippen LogP contribution in [-0.4, -0.2) is 23.4 Å². The molecule has 2 N–H and O–H groups in total. The van der Waals surface area contributed by atoms with E-state index in [2.05, 4.69) is 0 Å². The maximum atomic E-state index is 8.74. The summed E-state index contributed by atoms with van der Waals surface area (Å²) in [4.78, 5) is 0. The van der Waals surface area contributed by atoms with Crippen LogP contribution in [0.4, 0.5) is 0 Å². The molecule has 0 aliphatic rings. The van der Waals surface area contributed by atoms with Gasteiger partial charge < -0.3 is 10.2 Å². The fraction of sp³-hybridized carbons (Fsp3) is 0.857. The van der Waals surface area contributed by atoms with E-state index >= 15 is 0 Å². The summed E-state index contributed by atoms with van der Waals surface area (Å²) in [6.07, 6.45) is 0.939. The van der Waals surface area contributed by atoms with Crippen molar-refractivity contribution in [1.29, 1.82) is 5.26 Å². The highest BCUT2D eigenvalue weighted by atomic mass is 16.3. The molecule has 0 fully saturated rings. The molecular weight excluding hydrogens is 130 g/mol. The van der Waals surface area contributed by atoms with Crippen molar-refractivity contribution < 1.29 is 10.2 Å². The zero-order valence-electron chi connectivity index (χ0n) is 6.17. The van der Waals surface area contributed by atoms with Crippen molar-refractivity contribution in [3.8, 4) is 6.07 Å². The Morgan fingerprint density at radius 1 is 1.40 bits per heavy atom. The Morgan fingerprint density at radius 3 is 2.20 bits per heavy atom. The highest BCUT2D eigenvalue weighted by molar-refractivity contribution is 4.79. The van der Waals surface area contributed by atoms with Crippen molar-refractivity contribution in [3.05, 3.63) is 0 Å². The van der Waals surface area contributed by atoms with E-state index in [1.807, 2.05) is 6.07 Å². The smallest absolute Gasteiger partial charge is 0.0621 e. The molecule has 0 unspecified atom stereocenters. The third kappa shape index (κ3) is 2.81. The van der Waals surface area contributed by atoms with E-state index in [-0.39, 0.29) is 13.2 Å². The maximum Gasteiger partial charge on any atom is 0.0621 e. The van der Waals surface area contributed by atoms with E-state index in [4.69, 9.17) is 15.5 Å². The van der Waals surface area contributed by atoms with Crippen molar-refractivity contribution in [3.63, 3.8) is 0 Å². The molecule has 0 spiro atoms. The van der Waals surface area contributed by atoms with Crippen molar-refractivity contribution in [1.82, 2.24) is 0 Å². The van der Waals surface area contributed by atoms with E-state index in [0.717, 1.165) is 0 Å².